The maximum absolute atomic E-state index is 12.5. The number of methoxy groups -OCH3 is 1. The first kappa shape index (κ1) is 27.8. The maximum atomic E-state index is 12.5. The van der Waals surface area contributed by atoms with Gasteiger partial charge in [-0.15, -0.1) is 0 Å². The van der Waals surface area contributed by atoms with Crippen molar-refractivity contribution in [3.8, 4) is 0 Å². The van der Waals surface area contributed by atoms with Gasteiger partial charge in [-0.05, 0) is 93.5 Å². The van der Waals surface area contributed by atoms with Crippen molar-refractivity contribution in [1.29, 1.82) is 0 Å². The number of carbonyl (C=O) groups excluding carboxylic acids is 2. The van der Waals surface area contributed by atoms with Gasteiger partial charge in [-0.25, -0.2) is 4.79 Å². The second kappa shape index (κ2) is 10.2. The summed E-state index contributed by atoms with van der Waals surface area (Å²) in [5, 5.41) is 33.4. The average molecular weight is 549 g/mol. The van der Waals surface area contributed by atoms with Crippen molar-refractivity contribution in [3.63, 3.8) is 0 Å². The molecule has 9 nitrogen and oxygen atoms in total. The molecule has 218 valence electrons. The van der Waals surface area contributed by atoms with Crippen molar-refractivity contribution in [3.05, 3.63) is 11.6 Å². The summed E-state index contributed by atoms with van der Waals surface area (Å²) in [5.74, 6) is 0.603. The van der Waals surface area contributed by atoms with Crippen LogP contribution < -0.4 is 0 Å². The van der Waals surface area contributed by atoms with Gasteiger partial charge in [-0.3, -0.25) is 0 Å². The van der Waals surface area contributed by atoms with Gasteiger partial charge in [0.25, 0.3) is 0 Å². The van der Waals surface area contributed by atoms with E-state index in [0.29, 0.717) is 18.9 Å². The van der Waals surface area contributed by atoms with Gasteiger partial charge >= 0.3 is 5.97 Å². The van der Waals surface area contributed by atoms with Crippen LogP contribution in [0.5, 0.6) is 0 Å². The number of hydrogen-bond donors (Lipinski definition) is 3. The monoisotopic (exact) mass is 548 g/mol. The Kier molecular flexibility index (Phi) is 7.25. The zero-order valence-electron chi connectivity index (χ0n) is 23.2. The van der Waals surface area contributed by atoms with Crippen LogP contribution in [0.25, 0.3) is 0 Å². The third-order valence-electron chi connectivity index (χ3n) is 11.9. The lowest BCUT2D eigenvalue weighted by atomic mass is 9.46. The van der Waals surface area contributed by atoms with E-state index in [1.54, 1.807) is 13.0 Å². The predicted molar refractivity (Wildman–Crippen MR) is 138 cm³/mol. The Morgan fingerprint density at radius 1 is 1.10 bits per heavy atom. The van der Waals surface area contributed by atoms with Gasteiger partial charge < -0.3 is 39.1 Å². The molecule has 6 aliphatic rings. The average Bonchev–Trinajstić information content (AvgIpc) is 3.46. The maximum Gasteiger partial charge on any atom is 0.331 e. The number of esters is 1. The normalized spacial score (nSPS) is 53.3. The number of rotatable bonds is 5. The van der Waals surface area contributed by atoms with E-state index in [1.165, 1.54) is 7.11 Å². The number of cyclic esters (lactones) is 1. The van der Waals surface area contributed by atoms with Gasteiger partial charge in [0.1, 0.15) is 31.2 Å². The summed E-state index contributed by atoms with van der Waals surface area (Å²) in [5.41, 5.74) is -0.0881. The van der Waals surface area contributed by atoms with Crippen LogP contribution in [0.1, 0.15) is 65.2 Å². The van der Waals surface area contributed by atoms with Crippen LogP contribution in [-0.4, -0.2) is 83.7 Å². The molecule has 0 amide bonds. The van der Waals surface area contributed by atoms with Crippen molar-refractivity contribution >= 4 is 12.3 Å². The Morgan fingerprint density at radius 3 is 2.59 bits per heavy atom. The molecule has 39 heavy (non-hydrogen) atoms. The summed E-state index contributed by atoms with van der Waals surface area (Å²) in [7, 11) is 1.45. The molecule has 9 heteroatoms. The Balaban J connectivity index is 1.18. The third-order valence-corrected chi connectivity index (χ3v) is 11.9. The summed E-state index contributed by atoms with van der Waals surface area (Å²) in [6.07, 6.45) is 4.72. The predicted octanol–water partition coefficient (Wildman–Crippen LogP) is 2.15. The molecule has 0 spiro atoms. The van der Waals surface area contributed by atoms with E-state index < -0.39 is 36.3 Å². The van der Waals surface area contributed by atoms with Gasteiger partial charge in [0.15, 0.2) is 6.29 Å². The Morgan fingerprint density at radius 2 is 1.90 bits per heavy atom. The second-order valence-corrected chi connectivity index (χ2v) is 13.4. The molecular weight excluding hydrogens is 504 g/mol. The molecule has 6 rings (SSSR count). The van der Waals surface area contributed by atoms with Crippen LogP contribution in [-0.2, 0) is 28.5 Å². The first-order valence-electron chi connectivity index (χ1n) is 14.9. The zero-order chi connectivity index (χ0) is 27.7. The minimum Gasteiger partial charge on any atom is -0.458 e. The standard InChI is InChI=1S/C30H44O9/c1-15-25(33)27(36-3)26(34)28(38-15)39-19-10-16-4-5-22-20(24(16)17(11-19)13-31)6-8-29(2)21(7-9-30(22,29)35)18-12-23(32)37-14-18/h12-13,15-17,19-22,24-28,33-35H,4-11,14H2,1-3H3/t15-,16+,17-,19+,20?,21+,22?,24?,25-,26-,27+,28?,29+,30-/m0/s1. The smallest absolute Gasteiger partial charge is 0.331 e. The van der Waals surface area contributed by atoms with E-state index in [4.69, 9.17) is 18.9 Å². The highest BCUT2D eigenvalue weighted by Gasteiger charge is 2.66. The van der Waals surface area contributed by atoms with Crippen LogP contribution in [0.15, 0.2) is 11.6 Å². The van der Waals surface area contributed by atoms with E-state index in [9.17, 15) is 24.9 Å². The summed E-state index contributed by atoms with van der Waals surface area (Å²) >= 11 is 0. The molecule has 4 unspecified atom stereocenters. The zero-order valence-corrected chi connectivity index (χ0v) is 23.2. The highest BCUT2D eigenvalue weighted by atomic mass is 16.7. The minimum atomic E-state index is -1.12. The van der Waals surface area contributed by atoms with Crippen molar-refractivity contribution in [1.82, 2.24) is 0 Å². The van der Waals surface area contributed by atoms with Gasteiger partial charge in [-0.1, -0.05) is 6.92 Å². The second-order valence-electron chi connectivity index (χ2n) is 13.4. The first-order valence-corrected chi connectivity index (χ1v) is 14.9. The van der Waals surface area contributed by atoms with Crippen LogP contribution >= 0.6 is 0 Å². The third kappa shape index (κ3) is 4.26. The SMILES string of the molecule is CO[C@@H]1[C@@H](O)[C@H](C)OC(O[C@@H]2C[C@H]3CCC4C(CC[C@]5(C)[C@@H](C6=CC(=O)OC6)CC[C@]45O)C3[C@H](C=O)C2)[C@H]1O. The topological polar surface area (TPSA) is 132 Å². The van der Waals surface area contributed by atoms with Crippen molar-refractivity contribution < 1.29 is 43.9 Å². The lowest BCUT2D eigenvalue weighted by molar-refractivity contribution is -0.312. The van der Waals surface area contributed by atoms with Crippen molar-refractivity contribution in [2.75, 3.05) is 13.7 Å². The minimum absolute atomic E-state index is 0.134. The molecule has 0 aromatic heterocycles. The highest BCUT2D eigenvalue weighted by molar-refractivity contribution is 5.85. The molecule has 0 aromatic carbocycles. The fourth-order valence-corrected chi connectivity index (χ4v) is 10.00. The molecule has 5 fully saturated rings. The quantitative estimate of drug-likeness (QED) is 0.269. The Bertz CT molecular complexity index is 999. The number of ether oxygens (including phenoxy) is 4. The first-order chi connectivity index (χ1) is 18.6. The van der Waals surface area contributed by atoms with E-state index in [2.05, 4.69) is 6.92 Å². The molecule has 1 saturated heterocycles. The lowest BCUT2D eigenvalue weighted by Crippen LogP contribution is -2.61. The Hall–Kier alpha value is -1.36. The van der Waals surface area contributed by atoms with Gasteiger partial charge in [0.05, 0.1) is 17.8 Å². The summed E-state index contributed by atoms with van der Waals surface area (Å²) < 4.78 is 22.6. The number of fused-ring (bicyclic) bond motifs is 5. The summed E-state index contributed by atoms with van der Waals surface area (Å²) in [6.45, 7) is 4.28. The lowest BCUT2D eigenvalue weighted by Gasteiger charge is -2.61. The van der Waals surface area contributed by atoms with Gasteiger partial charge in [-0.2, -0.15) is 0 Å². The molecule has 4 aliphatic carbocycles. The molecule has 2 aliphatic heterocycles. The van der Waals surface area contributed by atoms with Gasteiger partial charge in [0, 0.05) is 24.5 Å². The molecule has 3 N–H and O–H groups in total. The summed E-state index contributed by atoms with van der Waals surface area (Å²) in [6, 6.07) is 0. The van der Waals surface area contributed by atoms with Crippen LogP contribution in [0.3, 0.4) is 0 Å². The fraction of sp³-hybridized carbons (Fsp3) is 0.867. The molecule has 0 aromatic rings. The van der Waals surface area contributed by atoms with Crippen LogP contribution in [0.2, 0.25) is 0 Å². The largest absolute Gasteiger partial charge is 0.458 e. The number of aldehydes is 1. The van der Waals surface area contributed by atoms with Crippen molar-refractivity contribution in [2.45, 2.75) is 108 Å². The van der Waals surface area contributed by atoms with E-state index >= 15 is 0 Å². The highest BCUT2D eigenvalue weighted by Crippen LogP contribution is 2.67. The molecule has 0 radical (unpaired) electrons. The molecular formula is C30H44O9. The van der Waals surface area contributed by atoms with E-state index in [0.717, 1.165) is 56.8 Å². The fourth-order valence-electron chi connectivity index (χ4n) is 10.00. The molecule has 2 heterocycles. The van der Waals surface area contributed by atoms with Crippen LogP contribution in [0, 0.1) is 40.9 Å². The number of carbonyl (C=O) groups is 2. The number of hydrogen-bond acceptors (Lipinski definition) is 9. The van der Waals surface area contributed by atoms with E-state index in [1.807, 2.05) is 0 Å². The van der Waals surface area contributed by atoms with Crippen molar-refractivity contribution in [2.24, 2.45) is 40.9 Å². The van der Waals surface area contributed by atoms with Crippen LogP contribution in [0.4, 0.5) is 0 Å². The molecule has 0 bridgehead atoms. The summed E-state index contributed by atoms with van der Waals surface area (Å²) in [4.78, 5) is 24.3. The van der Waals surface area contributed by atoms with E-state index in [-0.39, 0.29) is 47.1 Å². The molecule has 4 saturated carbocycles. The number of aliphatic hydroxyl groups excluding tert-OH is 2. The van der Waals surface area contributed by atoms with Gasteiger partial charge in [0.2, 0.25) is 0 Å². The number of aliphatic hydroxyl groups is 3. The Labute approximate surface area is 230 Å². The molecule has 14 atom stereocenters.